The van der Waals surface area contributed by atoms with E-state index in [9.17, 15) is 14.4 Å². The molecule has 1 heterocycles. The van der Waals surface area contributed by atoms with Crippen LogP contribution in [0.15, 0.2) is 64.6 Å². The molecular weight excluding hydrogens is 623 g/mol. The smallest absolute Gasteiger partial charge is 0.335 e. The third-order valence-electron chi connectivity index (χ3n) is 5.36. The molecule has 0 saturated carbocycles. The van der Waals surface area contributed by atoms with E-state index < -0.39 is 17.8 Å². The summed E-state index contributed by atoms with van der Waals surface area (Å²) >= 11 is 5.70. The van der Waals surface area contributed by atoms with Gasteiger partial charge in [-0.15, -0.1) is 0 Å². The zero-order valence-electron chi connectivity index (χ0n) is 19.3. The van der Waals surface area contributed by atoms with Crippen molar-refractivity contribution in [2.75, 3.05) is 4.90 Å². The van der Waals surface area contributed by atoms with Crippen LogP contribution < -0.4 is 15.0 Å². The molecule has 0 aliphatic carbocycles. The lowest BCUT2D eigenvalue weighted by molar-refractivity contribution is -0.122. The Morgan fingerprint density at radius 3 is 2.34 bits per heavy atom. The summed E-state index contributed by atoms with van der Waals surface area (Å²) < 4.78 is 7.53. The lowest BCUT2D eigenvalue weighted by Gasteiger charge is -2.27. The molecule has 0 aromatic heterocycles. The SMILES string of the molecule is Cc1cccc(COc2c(Br)cc(/C=C3\C(=O)NC(=O)N(c4cc(C)cc(C)c4)C3=O)cc2I)c1. The molecule has 0 unspecified atom stereocenters. The largest absolute Gasteiger partial charge is 0.487 e. The highest BCUT2D eigenvalue weighted by molar-refractivity contribution is 14.1. The van der Waals surface area contributed by atoms with E-state index in [-0.39, 0.29) is 5.57 Å². The molecule has 1 aliphatic rings. The second-order valence-corrected chi connectivity index (χ2v) is 10.4. The summed E-state index contributed by atoms with van der Waals surface area (Å²) in [5.74, 6) is -0.734. The predicted molar refractivity (Wildman–Crippen MR) is 147 cm³/mol. The van der Waals surface area contributed by atoms with Crippen molar-refractivity contribution in [3.63, 3.8) is 0 Å². The number of aryl methyl sites for hydroxylation is 3. The maximum absolute atomic E-state index is 13.2. The monoisotopic (exact) mass is 644 g/mol. The average Bonchev–Trinajstić information content (AvgIpc) is 2.75. The van der Waals surface area contributed by atoms with Crippen molar-refractivity contribution in [1.82, 2.24) is 5.32 Å². The maximum atomic E-state index is 13.2. The fourth-order valence-corrected chi connectivity index (χ4v) is 5.67. The molecule has 4 rings (SSSR count). The zero-order chi connectivity index (χ0) is 25.3. The van der Waals surface area contributed by atoms with Crippen LogP contribution in [-0.4, -0.2) is 17.8 Å². The molecule has 0 spiro atoms. The van der Waals surface area contributed by atoms with E-state index in [2.05, 4.69) is 49.9 Å². The summed E-state index contributed by atoms with van der Waals surface area (Å²) in [7, 11) is 0. The van der Waals surface area contributed by atoms with E-state index in [1.807, 2.05) is 51.1 Å². The first-order chi connectivity index (χ1) is 16.6. The number of anilines is 1. The number of carbonyl (C=O) groups is 3. The number of ether oxygens (including phenoxy) is 1. The maximum Gasteiger partial charge on any atom is 0.335 e. The number of imide groups is 2. The Hall–Kier alpha value is -2.98. The van der Waals surface area contributed by atoms with Crippen molar-refractivity contribution in [3.8, 4) is 5.75 Å². The van der Waals surface area contributed by atoms with Crippen molar-refractivity contribution < 1.29 is 19.1 Å². The van der Waals surface area contributed by atoms with E-state index in [0.29, 0.717) is 28.1 Å². The van der Waals surface area contributed by atoms with Gasteiger partial charge in [-0.05, 0) is 112 Å². The highest BCUT2D eigenvalue weighted by Gasteiger charge is 2.37. The van der Waals surface area contributed by atoms with Crippen molar-refractivity contribution in [3.05, 3.63) is 96.0 Å². The molecule has 3 aromatic carbocycles. The minimum absolute atomic E-state index is 0.125. The van der Waals surface area contributed by atoms with Gasteiger partial charge in [0.05, 0.1) is 13.7 Å². The molecule has 0 atom stereocenters. The van der Waals surface area contributed by atoms with Gasteiger partial charge in [0.1, 0.15) is 17.9 Å². The number of barbiturate groups is 1. The number of rotatable bonds is 5. The van der Waals surface area contributed by atoms with Crippen LogP contribution in [0, 0.1) is 24.3 Å². The van der Waals surface area contributed by atoms with Crippen LogP contribution in [0.2, 0.25) is 0 Å². The predicted octanol–water partition coefficient (Wildman–Crippen LogP) is 6.22. The Bertz CT molecular complexity index is 1360. The molecular formula is C27H22BrIN2O4. The highest BCUT2D eigenvalue weighted by Crippen LogP contribution is 2.34. The van der Waals surface area contributed by atoms with Crippen molar-refractivity contribution in [1.29, 1.82) is 0 Å². The molecule has 1 N–H and O–H groups in total. The minimum Gasteiger partial charge on any atom is -0.487 e. The van der Waals surface area contributed by atoms with Gasteiger partial charge in [0, 0.05) is 0 Å². The molecule has 35 heavy (non-hydrogen) atoms. The second-order valence-electron chi connectivity index (χ2n) is 8.40. The van der Waals surface area contributed by atoms with Crippen molar-refractivity contribution >= 4 is 68.1 Å². The van der Waals surface area contributed by atoms with Gasteiger partial charge in [-0.1, -0.05) is 35.9 Å². The van der Waals surface area contributed by atoms with Gasteiger partial charge in [-0.2, -0.15) is 0 Å². The number of halogens is 2. The topological polar surface area (TPSA) is 75.7 Å². The van der Waals surface area contributed by atoms with Crippen molar-refractivity contribution in [2.24, 2.45) is 0 Å². The number of amides is 4. The zero-order valence-corrected chi connectivity index (χ0v) is 23.1. The van der Waals surface area contributed by atoms with Gasteiger partial charge < -0.3 is 4.74 Å². The van der Waals surface area contributed by atoms with Gasteiger partial charge in [0.25, 0.3) is 11.8 Å². The highest BCUT2D eigenvalue weighted by atomic mass is 127. The third kappa shape index (κ3) is 5.65. The Labute approximate surface area is 225 Å². The van der Waals surface area contributed by atoms with Gasteiger partial charge in [-0.25, -0.2) is 9.69 Å². The van der Waals surface area contributed by atoms with E-state index in [4.69, 9.17) is 4.74 Å². The van der Waals surface area contributed by atoms with Gasteiger partial charge >= 0.3 is 6.03 Å². The Morgan fingerprint density at radius 1 is 0.971 bits per heavy atom. The van der Waals surface area contributed by atoms with Crippen LogP contribution in [0.5, 0.6) is 5.75 Å². The molecule has 6 nitrogen and oxygen atoms in total. The lowest BCUT2D eigenvalue weighted by atomic mass is 10.1. The van der Waals surface area contributed by atoms with Gasteiger partial charge in [-0.3, -0.25) is 14.9 Å². The number of hydrogen-bond acceptors (Lipinski definition) is 4. The Kier molecular flexibility index (Phi) is 7.42. The summed E-state index contributed by atoms with van der Waals surface area (Å²) in [6, 6.07) is 16.3. The number of benzene rings is 3. The number of hydrogen-bond donors (Lipinski definition) is 1. The third-order valence-corrected chi connectivity index (χ3v) is 6.75. The molecule has 3 aromatic rings. The summed E-state index contributed by atoms with van der Waals surface area (Å²) in [5, 5.41) is 2.27. The number of urea groups is 1. The Morgan fingerprint density at radius 2 is 1.69 bits per heavy atom. The van der Waals surface area contributed by atoms with Crippen LogP contribution in [-0.2, 0) is 16.2 Å². The van der Waals surface area contributed by atoms with Crippen LogP contribution in [0.4, 0.5) is 10.5 Å². The van der Waals surface area contributed by atoms with Crippen LogP contribution in [0.3, 0.4) is 0 Å². The second kappa shape index (κ2) is 10.3. The number of carbonyl (C=O) groups excluding carboxylic acids is 3. The van der Waals surface area contributed by atoms with Crippen LogP contribution in [0.1, 0.15) is 27.8 Å². The number of nitrogens with zero attached hydrogens (tertiary/aromatic N) is 1. The van der Waals surface area contributed by atoms with E-state index >= 15 is 0 Å². The first kappa shape index (κ1) is 25.1. The van der Waals surface area contributed by atoms with Crippen LogP contribution in [0.25, 0.3) is 6.08 Å². The molecule has 178 valence electrons. The minimum atomic E-state index is -0.766. The molecule has 0 radical (unpaired) electrons. The first-order valence-corrected chi connectivity index (χ1v) is 12.7. The molecule has 1 fully saturated rings. The molecule has 1 saturated heterocycles. The van der Waals surface area contributed by atoms with Crippen LogP contribution >= 0.6 is 38.5 Å². The van der Waals surface area contributed by atoms with Gasteiger partial charge in [0.15, 0.2) is 0 Å². The lowest BCUT2D eigenvalue weighted by Crippen LogP contribution is -2.54. The summed E-state index contributed by atoms with van der Waals surface area (Å²) in [4.78, 5) is 39.3. The summed E-state index contributed by atoms with van der Waals surface area (Å²) in [6.07, 6.45) is 1.48. The fourth-order valence-electron chi connectivity index (χ4n) is 3.90. The molecule has 4 amide bonds. The normalized spacial score (nSPS) is 14.9. The molecule has 1 aliphatic heterocycles. The molecule has 0 bridgehead atoms. The van der Waals surface area contributed by atoms with E-state index in [1.165, 1.54) is 6.08 Å². The summed E-state index contributed by atoms with van der Waals surface area (Å²) in [5.41, 5.74) is 4.94. The first-order valence-electron chi connectivity index (χ1n) is 10.8. The Balaban J connectivity index is 1.62. The van der Waals surface area contributed by atoms with E-state index in [0.717, 1.165) is 30.7 Å². The molecule has 8 heteroatoms. The average molecular weight is 645 g/mol. The standard InChI is InChI=1S/C27H22BrIN2O4/c1-15-5-4-6-18(8-15)14-35-24-22(28)12-19(13-23(24)29)11-21-25(32)30-27(34)31(26(21)33)20-9-16(2)7-17(3)10-20/h4-13H,14H2,1-3H3,(H,30,32,34)/b21-11+. The summed E-state index contributed by atoms with van der Waals surface area (Å²) in [6.45, 7) is 6.20. The van der Waals surface area contributed by atoms with Gasteiger partial charge in [0.2, 0.25) is 0 Å². The quantitative estimate of drug-likeness (QED) is 0.203. The fraction of sp³-hybridized carbons (Fsp3) is 0.148. The van der Waals surface area contributed by atoms with E-state index in [1.54, 1.807) is 18.2 Å². The number of nitrogens with one attached hydrogen (secondary N) is 1. The van der Waals surface area contributed by atoms with Crippen molar-refractivity contribution in [2.45, 2.75) is 27.4 Å².